The first-order valence-electron chi connectivity index (χ1n) is 3.76. The second kappa shape index (κ2) is 3.69. The van der Waals surface area contributed by atoms with Gasteiger partial charge in [-0.2, -0.15) is 0 Å². The van der Waals surface area contributed by atoms with Gasteiger partial charge in [0.1, 0.15) is 0 Å². The van der Waals surface area contributed by atoms with Crippen molar-refractivity contribution in [2.75, 3.05) is 19.8 Å². The molecule has 4 heteroatoms. The third kappa shape index (κ3) is 1.91. The Morgan fingerprint density at radius 1 is 1.73 bits per heavy atom. The van der Waals surface area contributed by atoms with E-state index in [1.807, 2.05) is 0 Å². The third-order valence-corrected chi connectivity index (χ3v) is 2.09. The zero-order valence-electron chi connectivity index (χ0n) is 6.32. The van der Waals surface area contributed by atoms with Gasteiger partial charge in [0.05, 0.1) is 12.5 Å². The molecule has 0 aromatic heterocycles. The number of ether oxygens (including phenoxy) is 1. The second-order valence-corrected chi connectivity index (χ2v) is 2.80. The lowest BCUT2D eigenvalue weighted by Crippen LogP contribution is -2.37. The molecule has 0 amide bonds. The highest BCUT2D eigenvalue weighted by molar-refractivity contribution is 5.70. The van der Waals surface area contributed by atoms with Crippen LogP contribution in [-0.4, -0.2) is 30.8 Å². The van der Waals surface area contributed by atoms with Gasteiger partial charge in [-0.05, 0) is 13.0 Å². The predicted molar refractivity (Wildman–Crippen MR) is 39.1 cm³/mol. The van der Waals surface area contributed by atoms with Gasteiger partial charge in [-0.1, -0.05) is 0 Å². The summed E-state index contributed by atoms with van der Waals surface area (Å²) in [7, 11) is 0. The zero-order chi connectivity index (χ0) is 8.27. The molecule has 0 bridgehead atoms. The molecule has 1 fully saturated rings. The number of aliphatic carboxylic acids is 1. The van der Waals surface area contributed by atoms with Crippen molar-refractivity contribution in [2.45, 2.75) is 6.42 Å². The Hall–Kier alpha value is -0.610. The van der Waals surface area contributed by atoms with Gasteiger partial charge >= 0.3 is 5.97 Å². The Balaban J connectivity index is 2.51. The minimum Gasteiger partial charge on any atom is -0.481 e. The van der Waals surface area contributed by atoms with Crippen molar-refractivity contribution in [3.63, 3.8) is 0 Å². The molecule has 1 heterocycles. The maximum absolute atomic E-state index is 10.6. The van der Waals surface area contributed by atoms with Crippen LogP contribution in [0.5, 0.6) is 0 Å². The van der Waals surface area contributed by atoms with Crippen LogP contribution in [0.1, 0.15) is 6.42 Å². The molecule has 64 valence electrons. The van der Waals surface area contributed by atoms with Crippen LogP contribution in [0.2, 0.25) is 0 Å². The normalized spacial score (nSPS) is 31.7. The zero-order valence-corrected chi connectivity index (χ0v) is 6.32. The van der Waals surface area contributed by atoms with E-state index in [0.717, 1.165) is 0 Å². The largest absolute Gasteiger partial charge is 0.481 e. The summed E-state index contributed by atoms with van der Waals surface area (Å²) >= 11 is 0. The van der Waals surface area contributed by atoms with E-state index in [4.69, 9.17) is 15.6 Å². The molecule has 0 saturated carbocycles. The minimum atomic E-state index is -0.747. The van der Waals surface area contributed by atoms with Gasteiger partial charge in [-0.3, -0.25) is 4.79 Å². The fourth-order valence-corrected chi connectivity index (χ4v) is 1.35. The molecule has 11 heavy (non-hydrogen) atoms. The highest BCUT2D eigenvalue weighted by Gasteiger charge is 2.29. The van der Waals surface area contributed by atoms with Gasteiger partial charge in [0.15, 0.2) is 0 Å². The Bertz CT molecular complexity index is 149. The van der Waals surface area contributed by atoms with E-state index in [2.05, 4.69) is 0 Å². The Morgan fingerprint density at radius 2 is 2.45 bits per heavy atom. The maximum Gasteiger partial charge on any atom is 0.307 e. The predicted octanol–water partition coefficient (Wildman–Crippen LogP) is -0.318. The van der Waals surface area contributed by atoms with Gasteiger partial charge in [0, 0.05) is 12.5 Å². The number of nitrogens with two attached hydrogens (primary N) is 1. The number of carbonyl (C=O) groups is 1. The van der Waals surface area contributed by atoms with Crippen LogP contribution in [0, 0.1) is 11.8 Å². The molecule has 0 radical (unpaired) electrons. The number of hydrogen-bond acceptors (Lipinski definition) is 3. The fourth-order valence-electron chi connectivity index (χ4n) is 1.35. The third-order valence-electron chi connectivity index (χ3n) is 2.09. The Morgan fingerprint density at radius 3 is 2.91 bits per heavy atom. The van der Waals surface area contributed by atoms with Crippen LogP contribution in [0.3, 0.4) is 0 Å². The van der Waals surface area contributed by atoms with Crippen LogP contribution >= 0.6 is 0 Å². The number of carboxylic acids is 1. The first-order valence-corrected chi connectivity index (χ1v) is 3.76. The van der Waals surface area contributed by atoms with Crippen molar-refractivity contribution in [1.82, 2.24) is 0 Å². The van der Waals surface area contributed by atoms with E-state index in [0.29, 0.717) is 26.2 Å². The summed E-state index contributed by atoms with van der Waals surface area (Å²) in [5.41, 5.74) is 5.39. The average molecular weight is 159 g/mol. The molecule has 0 spiro atoms. The van der Waals surface area contributed by atoms with Crippen molar-refractivity contribution in [2.24, 2.45) is 17.6 Å². The molecular formula is C7H13NO3. The summed E-state index contributed by atoms with van der Waals surface area (Å²) in [5, 5.41) is 8.73. The van der Waals surface area contributed by atoms with Crippen molar-refractivity contribution >= 4 is 5.97 Å². The van der Waals surface area contributed by atoms with Gasteiger partial charge in [0.25, 0.3) is 0 Å². The van der Waals surface area contributed by atoms with E-state index in [1.165, 1.54) is 0 Å². The summed E-state index contributed by atoms with van der Waals surface area (Å²) in [6.07, 6.45) is 0.594. The van der Waals surface area contributed by atoms with Gasteiger partial charge in [0.2, 0.25) is 0 Å². The molecule has 1 aliphatic rings. The van der Waals surface area contributed by atoms with Crippen molar-refractivity contribution in [1.29, 1.82) is 0 Å². The van der Waals surface area contributed by atoms with Crippen LogP contribution in [0.4, 0.5) is 0 Å². The lowest BCUT2D eigenvalue weighted by Gasteiger charge is -2.27. The van der Waals surface area contributed by atoms with E-state index < -0.39 is 5.97 Å². The Kier molecular flexibility index (Phi) is 2.84. The molecule has 0 aromatic rings. The highest BCUT2D eigenvalue weighted by Crippen LogP contribution is 2.20. The summed E-state index contributed by atoms with van der Waals surface area (Å²) < 4.78 is 5.11. The topological polar surface area (TPSA) is 72.5 Å². The fraction of sp³-hybridized carbons (Fsp3) is 0.857. The van der Waals surface area contributed by atoms with Crippen molar-refractivity contribution < 1.29 is 14.6 Å². The maximum atomic E-state index is 10.6. The van der Waals surface area contributed by atoms with Crippen LogP contribution < -0.4 is 5.73 Å². The second-order valence-electron chi connectivity index (χ2n) is 2.80. The SMILES string of the molecule is NC[C@H]1COCC[C@H]1C(=O)O. The molecule has 2 atom stereocenters. The summed E-state index contributed by atoms with van der Waals surface area (Å²) in [4.78, 5) is 10.6. The van der Waals surface area contributed by atoms with Crippen molar-refractivity contribution in [3.8, 4) is 0 Å². The lowest BCUT2D eigenvalue weighted by atomic mass is 9.89. The molecule has 4 nitrogen and oxygen atoms in total. The molecule has 1 aliphatic heterocycles. The minimum absolute atomic E-state index is 0.00116. The highest BCUT2D eigenvalue weighted by atomic mass is 16.5. The monoisotopic (exact) mass is 159 g/mol. The van der Waals surface area contributed by atoms with Crippen LogP contribution in [-0.2, 0) is 9.53 Å². The van der Waals surface area contributed by atoms with E-state index in [-0.39, 0.29) is 11.8 Å². The van der Waals surface area contributed by atoms with E-state index >= 15 is 0 Å². The van der Waals surface area contributed by atoms with Crippen LogP contribution in [0.25, 0.3) is 0 Å². The first kappa shape index (κ1) is 8.49. The molecule has 0 unspecified atom stereocenters. The molecular weight excluding hydrogens is 146 g/mol. The lowest BCUT2D eigenvalue weighted by molar-refractivity contribution is -0.148. The molecule has 1 rings (SSSR count). The quantitative estimate of drug-likeness (QED) is 0.579. The molecule has 0 aliphatic carbocycles. The number of hydrogen-bond donors (Lipinski definition) is 2. The van der Waals surface area contributed by atoms with Crippen molar-refractivity contribution in [3.05, 3.63) is 0 Å². The summed E-state index contributed by atoms with van der Waals surface area (Å²) in [6.45, 7) is 1.44. The van der Waals surface area contributed by atoms with Gasteiger partial charge in [-0.25, -0.2) is 0 Å². The Labute approximate surface area is 65.3 Å². The van der Waals surface area contributed by atoms with E-state index in [1.54, 1.807) is 0 Å². The first-order chi connectivity index (χ1) is 5.25. The average Bonchev–Trinajstić information content (AvgIpc) is 2.04. The molecule has 1 saturated heterocycles. The molecule has 3 N–H and O–H groups in total. The van der Waals surface area contributed by atoms with Gasteiger partial charge < -0.3 is 15.6 Å². The summed E-state index contributed by atoms with van der Waals surface area (Å²) in [5.74, 6) is -1.04. The van der Waals surface area contributed by atoms with Gasteiger partial charge in [-0.15, -0.1) is 0 Å². The summed E-state index contributed by atoms with van der Waals surface area (Å²) in [6, 6.07) is 0. The number of carboxylic acid groups (broad SMARTS) is 1. The van der Waals surface area contributed by atoms with E-state index in [9.17, 15) is 4.79 Å². The number of rotatable bonds is 2. The van der Waals surface area contributed by atoms with Crippen LogP contribution in [0.15, 0.2) is 0 Å². The molecule has 0 aromatic carbocycles. The smallest absolute Gasteiger partial charge is 0.307 e. The standard InChI is InChI=1S/C7H13NO3/c8-3-5-4-11-2-1-6(5)7(9)10/h5-6H,1-4,8H2,(H,9,10)/t5-,6+/m0/s1.